The Kier molecular flexibility index (Phi) is 4.54. The van der Waals surface area contributed by atoms with E-state index in [1.54, 1.807) is 18.2 Å². The third kappa shape index (κ3) is 3.90. The number of nitro benzene ring substituents is 1. The number of hydrogen-bond donors (Lipinski definition) is 4. The largest absolute Gasteiger partial charge is 0.351 e. The predicted octanol–water partition coefficient (Wildman–Crippen LogP) is 2.18. The van der Waals surface area contributed by atoms with E-state index in [1.807, 2.05) is 0 Å². The Morgan fingerprint density at radius 1 is 1.04 bits per heavy atom. The smallest absolute Gasteiger partial charge is 0.316 e. The number of carbonyl (C=O) groups is 2. The third-order valence-electron chi connectivity index (χ3n) is 3.67. The minimum atomic E-state index is -0.758. The molecule has 0 aliphatic carbocycles. The molecular weight excluding hydrogens is 354 g/mol. The number of nitro groups is 1. The van der Waals surface area contributed by atoms with E-state index in [2.05, 4.69) is 15.6 Å². The number of hydrogen-bond acceptors (Lipinski definition) is 5. The predicted molar refractivity (Wildman–Crippen MR) is 98.8 cm³/mol. The van der Waals surface area contributed by atoms with Gasteiger partial charge in [-0.15, -0.1) is 0 Å². The van der Waals surface area contributed by atoms with Gasteiger partial charge >= 0.3 is 6.03 Å². The van der Waals surface area contributed by atoms with Crippen molar-refractivity contribution in [2.24, 2.45) is 5.73 Å². The van der Waals surface area contributed by atoms with Crippen LogP contribution in [0.4, 0.5) is 21.9 Å². The van der Waals surface area contributed by atoms with Crippen molar-refractivity contribution in [1.29, 1.82) is 0 Å². The van der Waals surface area contributed by atoms with Gasteiger partial charge in [0.05, 0.1) is 10.5 Å². The lowest BCUT2D eigenvalue weighted by Crippen LogP contribution is -2.20. The molecule has 0 unspecified atom stereocenters. The van der Waals surface area contributed by atoms with Crippen LogP contribution in [0.2, 0.25) is 0 Å². The number of aromatic amines is 1. The summed E-state index contributed by atoms with van der Waals surface area (Å²) in [7, 11) is 0. The lowest BCUT2D eigenvalue weighted by Gasteiger charge is -2.09. The number of rotatable bonds is 4. The quantitative estimate of drug-likeness (QED) is 0.410. The first-order valence-electron chi connectivity index (χ1n) is 7.63. The summed E-state index contributed by atoms with van der Waals surface area (Å²) in [5, 5.41) is 16.2. The highest BCUT2D eigenvalue weighted by Crippen LogP contribution is 2.23. The number of amides is 3. The molecule has 0 aliphatic rings. The van der Waals surface area contributed by atoms with E-state index in [0.29, 0.717) is 16.9 Å². The molecule has 136 valence electrons. The van der Waals surface area contributed by atoms with Gasteiger partial charge in [-0.05, 0) is 24.3 Å². The maximum Gasteiger partial charge on any atom is 0.316 e. The van der Waals surface area contributed by atoms with E-state index in [0.717, 1.165) is 6.07 Å². The molecule has 1 heterocycles. The summed E-state index contributed by atoms with van der Waals surface area (Å²) in [6.45, 7) is 0. The zero-order valence-corrected chi connectivity index (χ0v) is 13.7. The number of H-pyrrole nitrogens is 1. The number of urea groups is 1. The van der Waals surface area contributed by atoms with Crippen molar-refractivity contribution in [1.82, 2.24) is 4.98 Å². The molecular formula is C17H13N5O5. The molecule has 0 bridgehead atoms. The van der Waals surface area contributed by atoms with Gasteiger partial charge in [0.25, 0.3) is 11.6 Å². The van der Waals surface area contributed by atoms with Gasteiger partial charge in [-0.3, -0.25) is 19.7 Å². The van der Waals surface area contributed by atoms with E-state index in [4.69, 9.17) is 5.73 Å². The highest BCUT2D eigenvalue weighted by Gasteiger charge is 2.16. The molecule has 1 aromatic heterocycles. The lowest BCUT2D eigenvalue weighted by molar-refractivity contribution is -0.384. The molecule has 27 heavy (non-hydrogen) atoms. The summed E-state index contributed by atoms with van der Waals surface area (Å²) in [6, 6.07) is 10.3. The summed E-state index contributed by atoms with van der Waals surface area (Å²) < 4.78 is 0. The number of non-ortho nitro benzene ring substituents is 1. The highest BCUT2D eigenvalue weighted by molar-refractivity contribution is 6.12. The normalized spacial score (nSPS) is 10.4. The van der Waals surface area contributed by atoms with Crippen LogP contribution in [0.1, 0.15) is 10.4 Å². The Labute approximate surface area is 151 Å². The molecule has 5 N–H and O–H groups in total. The number of nitrogens with one attached hydrogen (secondary N) is 3. The zero-order chi connectivity index (χ0) is 19.6. The Balaban J connectivity index is 2.00. The van der Waals surface area contributed by atoms with Crippen molar-refractivity contribution in [3.8, 4) is 0 Å². The van der Waals surface area contributed by atoms with E-state index in [-0.39, 0.29) is 16.6 Å². The molecule has 2 aromatic carbocycles. The summed E-state index contributed by atoms with van der Waals surface area (Å²) in [5.41, 5.74) is 5.30. The number of carbonyl (C=O) groups excluding carboxylic acids is 2. The van der Waals surface area contributed by atoms with E-state index in [1.165, 1.54) is 24.3 Å². The van der Waals surface area contributed by atoms with Gasteiger partial charge < -0.3 is 21.4 Å². The summed E-state index contributed by atoms with van der Waals surface area (Å²) in [6.07, 6.45) is 0. The van der Waals surface area contributed by atoms with Crippen molar-refractivity contribution in [3.05, 3.63) is 74.6 Å². The zero-order valence-electron chi connectivity index (χ0n) is 13.7. The Morgan fingerprint density at radius 3 is 2.41 bits per heavy atom. The number of nitrogens with two attached hydrogens (primary N) is 1. The van der Waals surface area contributed by atoms with Crippen molar-refractivity contribution in [2.75, 3.05) is 10.6 Å². The maximum absolute atomic E-state index is 12.6. The summed E-state index contributed by atoms with van der Waals surface area (Å²) >= 11 is 0. The molecule has 0 saturated heterocycles. The Hall–Kier alpha value is -4.21. The standard InChI is InChI=1S/C17H13N5O5/c18-17(25)20-10-3-1-2-9(6-10)19-16(24)13-8-15(23)21-14-5-4-11(22(26)27)7-12(13)14/h1-8H,(H,19,24)(H,21,23)(H3,18,20,25). The SMILES string of the molecule is NC(=O)Nc1cccc(NC(=O)c2cc(=O)[nH]c3ccc([N+](=O)[O-])cc23)c1. The van der Waals surface area contributed by atoms with Crippen LogP contribution in [-0.2, 0) is 0 Å². The van der Waals surface area contributed by atoms with Gasteiger partial charge in [-0.2, -0.15) is 0 Å². The Morgan fingerprint density at radius 2 is 1.74 bits per heavy atom. The van der Waals surface area contributed by atoms with E-state index >= 15 is 0 Å². The molecule has 3 amide bonds. The van der Waals surface area contributed by atoms with Crippen LogP contribution in [0, 0.1) is 10.1 Å². The first-order chi connectivity index (χ1) is 12.8. The second-order valence-corrected chi connectivity index (χ2v) is 5.56. The number of nitrogens with zero attached hydrogens (tertiary/aromatic N) is 1. The number of anilines is 2. The van der Waals surface area contributed by atoms with Crippen molar-refractivity contribution in [3.63, 3.8) is 0 Å². The van der Waals surface area contributed by atoms with Crippen LogP contribution >= 0.6 is 0 Å². The first-order valence-corrected chi connectivity index (χ1v) is 7.63. The Bertz CT molecular complexity index is 1140. The number of aromatic nitrogens is 1. The average Bonchev–Trinajstić information content (AvgIpc) is 2.60. The number of benzene rings is 2. The average molecular weight is 367 g/mol. The van der Waals surface area contributed by atoms with Gasteiger partial charge in [0, 0.05) is 40.5 Å². The van der Waals surface area contributed by atoms with Crippen LogP contribution in [0.25, 0.3) is 10.9 Å². The van der Waals surface area contributed by atoms with Gasteiger partial charge in [-0.25, -0.2) is 4.79 Å². The molecule has 3 aromatic rings. The van der Waals surface area contributed by atoms with Gasteiger partial charge in [0.15, 0.2) is 0 Å². The van der Waals surface area contributed by atoms with Crippen LogP contribution in [0.5, 0.6) is 0 Å². The summed E-state index contributed by atoms with van der Waals surface area (Å²) in [5.74, 6) is -0.636. The second-order valence-electron chi connectivity index (χ2n) is 5.56. The number of primary amides is 1. The van der Waals surface area contributed by atoms with Crippen molar-refractivity contribution in [2.45, 2.75) is 0 Å². The maximum atomic E-state index is 12.6. The topological polar surface area (TPSA) is 160 Å². The van der Waals surface area contributed by atoms with Gasteiger partial charge in [0.2, 0.25) is 5.56 Å². The molecule has 0 radical (unpaired) electrons. The van der Waals surface area contributed by atoms with Crippen LogP contribution in [0.3, 0.4) is 0 Å². The second kappa shape index (κ2) is 6.96. The molecule has 10 heteroatoms. The van der Waals surface area contributed by atoms with Gasteiger partial charge in [-0.1, -0.05) is 6.07 Å². The molecule has 0 spiro atoms. The molecule has 3 rings (SSSR count). The monoisotopic (exact) mass is 367 g/mol. The number of fused-ring (bicyclic) bond motifs is 1. The van der Waals surface area contributed by atoms with Gasteiger partial charge in [0.1, 0.15) is 0 Å². The fourth-order valence-electron chi connectivity index (χ4n) is 2.56. The highest BCUT2D eigenvalue weighted by atomic mass is 16.6. The van der Waals surface area contributed by atoms with Crippen molar-refractivity contribution < 1.29 is 14.5 Å². The van der Waals surface area contributed by atoms with E-state index < -0.39 is 22.4 Å². The fourth-order valence-corrected chi connectivity index (χ4v) is 2.56. The fraction of sp³-hybridized carbons (Fsp3) is 0. The molecule has 0 fully saturated rings. The lowest BCUT2D eigenvalue weighted by atomic mass is 10.1. The molecule has 10 nitrogen and oxygen atoms in total. The van der Waals surface area contributed by atoms with Crippen LogP contribution < -0.4 is 21.9 Å². The minimum Gasteiger partial charge on any atom is -0.351 e. The third-order valence-corrected chi connectivity index (χ3v) is 3.67. The van der Waals surface area contributed by atoms with Crippen molar-refractivity contribution >= 4 is 39.9 Å². The molecule has 0 aliphatic heterocycles. The molecule has 0 saturated carbocycles. The van der Waals surface area contributed by atoms with E-state index in [9.17, 15) is 24.5 Å². The number of pyridine rings is 1. The first kappa shape index (κ1) is 17.6. The minimum absolute atomic E-state index is 0.0225. The summed E-state index contributed by atoms with van der Waals surface area (Å²) in [4.78, 5) is 48.3. The van der Waals surface area contributed by atoms with Crippen LogP contribution in [-0.4, -0.2) is 21.8 Å². The van der Waals surface area contributed by atoms with Crippen LogP contribution in [0.15, 0.2) is 53.3 Å². The molecule has 0 atom stereocenters.